The highest BCUT2D eigenvalue weighted by Crippen LogP contribution is 2.20. The van der Waals surface area contributed by atoms with Gasteiger partial charge in [-0.2, -0.15) is 5.10 Å². The van der Waals surface area contributed by atoms with Gasteiger partial charge in [-0.15, -0.1) is 0 Å². The van der Waals surface area contributed by atoms with Gasteiger partial charge in [0.15, 0.2) is 6.23 Å². The maximum atomic E-state index is 5.54. The Kier molecular flexibility index (Phi) is 3.71. The molecule has 0 N–H and O–H groups in total. The number of hydrogen-bond donors (Lipinski definition) is 0. The molecular formula is C10H16N2O. The number of ether oxygens (including phenoxy) is 1. The van der Waals surface area contributed by atoms with E-state index in [1.807, 2.05) is 0 Å². The van der Waals surface area contributed by atoms with Crippen LogP contribution in [0.2, 0.25) is 0 Å². The zero-order valence-corrected chi connectivity index (χ0v) is 7.91. The molecule has 1 unspecified atom stereocenters. The third-order valence-corrected chi connectivity index (χ3v) is 2.11. The van der Waals surface area contributed by atoms with Crippen LogP contribution in [0.25, 0.3) is 0 Å². The Morgan fingerprint density at radius 1 is 1.54 bits per heavy atom. The normalized spacial score (nSPS) is 22.0. The fraction of sp³-hybridized carbons (Fsp3) is 0.500. The predicted octanol–water partition coefficient (Wildman–Crippen LogP) is 2.13. The van der Waals surface area contributed by atoms with Crippen molar-refractivity contribution in [3.63, 3.8) is 0 Å². The molecule has 3 nitrogen and oxygen atoms in total. The first-order valence-electron chi connectivity index (χ1n) is 4.48. The van der Waals surface area contributed by atoms with Crippen LogP contribution in [0.15, 0.2) is 30.0 Å². The molecule has 1 atom stereocenters. The van der Waals surface area contributed by atoms with E-state index in [0.717, 1.165) is 25.1 Å². The molecule has 0 aromatic heterocycles. The van der Waals surface area contributed by atoms with Gasteiger partial charge in [-0.25, -0.2) is 5.01 Å². The summed E-state index contributed by atoms with van der Waals surface area (Å²) in [5.41, 5.74) is 0.738. The number of hydrogen-bond acceptors (Lipinski definition) is 3. The van der Waals surface area contributed by atoms with Crippen LogP contribution in [0.3, 0.4) is 0 Å². The van der Waals surface area contributed by atoms with Gasteiger partial charge in [0.25, 0.3) is 0 Å². The van der Waals surface area contributed by atoms with Crippen LogP contribution in [0.1, 0.15) is 19.3 Å². The third kappa shape index (κ3) is 2.42. The average molecular weight is 180 g/mol. The Bertz CT molecular complexity index is 207. The third-order valence-electron chi connectivity index (χ3n) is 2.11. The Hall–Kier alpha value is -1.09. The maximum absolute atomic E-state index is 5.54. The molecule has 0 radical (unpaired) electrons. The van der Waals surface area contributed by atoms with Crippen molar-refractivity contribution < 1.29 is 4.74 Å². The van der Waals surface area contributed by atoms with Crippen LogP contribution in [0.5, 0.6) is 0 Å². The molecule has 1 aliphatic heterocycles. The Balaban J connectivity index is 2.58. The molecule has 0 aromatic carbocycles. The molecule has 13 heavy (non-hydrogen) atoms. The molecule has 3 heteroatoms. The second kappa shape index (κ2) is 4.82. The first-order chi connectivity index (χ1) is 6.29. The summed E-state index contributed by atoms with van der Waals surface area (Å²) < 4.78 is 5.54. The summed E-state index contributed by atoms with van der Waals surface area (Å²) in [7, 11) is 0. The highest BCUT2D eigenvalue weighted by molar-refractivity contribution is 5.24. The molecule has 1 saturated heterocycles. The molecule has 0 bridgehead atoms. The largest absolute Gasteiger partial charge is 0.356 e. The summed E-state index contributed by atoms with van der Waals surface area (Å²) in [6.45, 7) is 11.7. The van der Waals surface area contributed by atoms with Crippen molar-refractivity contribution in [2.24, 2.45) is 5.10 Å². The molecule has 0 spiro atoms. The summed E-state index contributed by atoms with van der Waals surface area (Å²) in [5.74, 6) is 0. The van der Waals surface area contributed by atoms with Gasteiger partial charge in [-0.3, -0.25) is 0 Å². The van der Waals surface area contributed by atoms with Crippen molar-refractivity contribution in [1.82, 2.24) is 5.01 Å². The van der Waals surface area contributed by atoms with E-state index in [1.54, 1.807) is 11.1 Å². The fourth-order valence-electron chi connectivity index (χ4n) is 1.38. The highest BCUT2D eigenvalue weighted by atomic mass is 16.5. The molecule has 1 rings (SSSR count). The second-order valence-corrected chi connectivity index (χ2v) is 3.00. The molecule has 0 aromatic rings. The molecule has 0 aliphatic carbocycles. The van der Waals surface area contributed by atoms with E-state index in [4.69, 9.17) is 4.74 Å². The van der Waals surface area contributed by atoms with Crippen molar-refractivity contribution in [3.8, 4) is 0 Å². The van der Waals surface area contributed by atoms with Crippen molar-refractivity contribution in [1.29, 1.82) is 0 Å². The quantitative estimate of drug-likeness (QED) is 0.376. The van der Waals surface area contributed by atoms with Crippen LogP contribution < -0.4 is 0 Å². The van der Waals surface area contributed by atoms with E-state index in [9.17, 15) is 0 Å². The Morgan fingerprint density at radius 2 is 2.31 bits per heavy atom. The first-order valence-corrected chi connectivity index (χ1v) is 4.48. The smallest absolute Gasteiger partial charge is 0.150 e. The zero-order chi connectivity index (χ0) is 9.68. The van der Waals surface area contributed by atoms with E-state index in [2.05, 4.69) is 25.0 Å². The van der Waals surface area contributed by atoms with Gasteiger partial charge in [-0.1, -0.05) is 13.2 Å². The molecule has 0 amide bonds. The van der Waals surface area contributed by atoms with Crippen molar-refractivity contribution in [2.75, 3.05) is 6.61 Å². The summed E-state index contributed by atoms with van der Waals surface area (Å²) in [5, 5.41) is 5.56. The van der Waals surface area contributed by atoms with Crippen LogP contribution >= 0.6 is 0 Å². The van der Waals surface area contributed by atoms with E-state index >= 15 is 0 Å². The summed E-state index contributed by atoms with van der Waals surface area (Å²) >= 11 is 0. The van der Waals surface area contributed by atoms with E-state index in [0.29, 0.717) is 0 Å². The van der Waals surface area contributed by atoms with Crippen molar-refractivity contribution >= 4 is 6.72 Å². The summed E-state index contributed by atoms with van der Waals surface area (Å²) in [6.07, 6.45) is 4.93. The van der Waals surface area contributed by atoms with Gasteiger partial charge in [0, 0.05) is 13.3 Å². The lowest BCUT2D eigenvalue weighted by molar-refractivity contribution is -0.0682. The van der Waals surface area contributed by atoms with Gasteiger partial charge in [0.1, 0.15) is 0 Å². The molecule has 0 saturated carbocycles. The lowest BCUT2D eigenvalue weighted by Crippen LogP contribution is -2.34. The van der Waals surface area contributed by atoms with E-state index in [-0.39, 0.29) is 6.23 Å². The molecule has 1 fully saturated rings. The summed E-state index contributed by atoms with van der Waals surface area (Å²) in [4.78, 5) is 0. The van der Waals surface area contributed by atoms with Crippen LogP contribution in [-0.4, -0.2) is 24.6 Å². The monoisotopic (exact) mass is 180 g/mol. The predicted molar refractivity (Wildman–Crippen MR) is 54.3 cm³/mol. The van der Waals surface area contributed by atoms with Gasteiger partial charge in [0.05, 0.1) is 5.70 Å². The molecular weight excluding hydrogens is 164 g/mol. The van der Waals surface area contributed by atoms with Crippen LogP contribution in [-0.2, 0) is 4.74 Å². The number of rotatable bonds is 4. The highest BCUT2D eigenvalue weighted by Gasteiger charge is 2.20. The van der Waals surface area contributed by atoms with Gasteiger partial charge in [0.2, 0.25) is 0 Å². The fourth-order valence-corrected chi connectivity index (χ4v) is 1.38. The second-order valence-electron chi connectivity index (χ2n) is 3.00. The lowest BCUT2D eigenvalue weighted by atomic mass is 10.2. The minimum Gasteiger partial charge on any atom is -0.356 e. The maximum Gasteiger partial charge on any atom is 0.150 e. The number of hydrazone groups is 1. The van der Waals surface area contributed by atoms with Gasteiger partial charge < -0.3 is 4.74 Å². The van der Waals surface area contributed by atoms with Gasteiger partial charge >= 0.3 is 0 Å². The molecule has 1 aliphatic rings. The van der Waals surface area contributed by atoms with E-state index < -0.39 is 0 Å². The topological polar surface area (TPSA) is 24.8 Å². The SMILES string of the molecule is C=CC(=C)N(N=C)C1CCCCO1. The minimum atomic E-state index is -0.00301. The Morgan fingerprint density at radius 3 is 2.77 bits per heavy atom. The summed E-state index contributed by atoms with van der Waals surface area (Å²) in [6, 6.07) is 0. The average Bonchev–Trinajstić information content (AvgIpc) is 2.20. The molecule has 1 heterocycles. The Labute approximate surface area is 79.4 Å². The standard InChI is InChI=1S/C10H16N2O/c1-4-9(2)12(11-3)10-7-5-6-8-13-10/h4,10H,1-3,5-8H2. The van der Waals surface area contributed by atoms with E-state index in [1.165, 1.54) is 6.42 Å². The van der Waals surface area contributed by atoms with Gasteiger partial charge in [-0.05, 0) is 25.3 Å². The lowest BCUT2D eigenvalue weighted by Gasteiger charge is -2.31. The molecule has 72 valence electrons. The van der Waals surface area contributed by atoms with Crippen molar-refractivity contribution in [2.45, 2.75) is 25.5 Å². The van der Waals surface area contributed by atoms with Crippen LogP contribution in [0, 0.1) is 0 Å². The number of nitrogens with zero attached hydrogens (tertiary/aromatic N) is 2. The number of allylic oxidation sites excluding steroid dienone is 1. The first kappa shape index (κ1) is 9.99. The van der Waals surface area contributed by atoms with Crippen LogP contribution in [0.4, 0.5) is 0 Å². The van der Waals surface area contributed by atoms with Crippen molar-refractivity contribution in [3.05, 3.63) is 24.9 Å². The minimum absolute atomic E-state index is 0.00301. The zero-order valence-electron chi connectivity index (χ0n) is 7.91.